The van der Waals surface area contributed by atoms with E-state index in [-0.39, 0.29) is 73.4 Å². The van der Waals surface area contributed by atoms with Crippen LogP contribution in [0.2, 0.25) is 0 Å². The summed E-state index contributed by atoms with van der Waals surface area (Å²) in [5, 5.41) is 25.0. The summed E-state index contributed by atoms with van der Waals surface area (Å²) in [5.41, 5.74) is 5.10. The molecule has 2 heterocycles. The number of nitrogens with zero attached hydrogens (tertiary/aromatic N) is 2. The van der Waals surface area contributed by atoms with Crippen LogP contribution < -0.4 is 61.4 Å². The summed E-state index contributed by atoms with van der Waals surface area (Å²) < 4.78 is 0. The van der Waals surface area contributed by atoms with Gasteiger partial charge < -0.3 is 10.0 Å². The van der Waals surface area contributed by atoms with Crippen LogP contribution in [0, 0.1) is 10.1 Å². The molecule has 2 aliphatic heterocycles. The van der Waals surface area contributed by atoms with E-state index < -0.39 is 12.0 Å². The minimum Gasteiger partial charge on any atom is -0.872 e. The summed E-state index contributed by atoms with van der Waals surface area (Å²) in [5.74, 6) is -1.60. The number of Topliss-reactive ketones (excluding diaryl/α,β-unsaturated/α-hetero) is 1. The average Bonchev–Trinajstić information content (AvgIpc) is 3.00. The smallest absolute Gasteiger partial charge is 0.872 e. The molecule has 2 unspecified atom stereocenters. The zero-order valence-electron chi connectivity index (χ0n) is 17.9. The molecule has 5 rings (SSSR count). The molecule has 0 bridgehead atoms. The van der Waals surface area contributed by atoms with Gasteiger partial charge in [-0.2, -0.15) is 0 Å². The molecule has 3 aliphatic rings. The molecular formula is C24H23KN2O4. The van der Waals surface area contributed by atoms with Gasteiger partial charge in [-0.05, 0) is 47.9 Å². The fourth-order valence-electron chi connectivity index (χ4n) is 5.37. The Labute approximate surface area is 223 Å². The van der Waals surface area contributed by atoms with Crippen LogP contribution in [0.3, 0.4) is 0 Å². The fraction of sp³-hybridized carbons (Fsp3) is 0.375. The summed E-state index contributed by atoms with van der Waals surface area (Å²) in [7, 11) is 0. The van der Waals surface area contributed by atoms with E-state index >= 15 is 0 Å². The van der Waals surface area contributed by atoms with Gasteiger partial charge >= 0.3 is 51.4 Å². The quantitative estimate of drug-likeness (QED) is 0.381. The van der Waals surface area contributed by atoms with Crippen LogP contribution in [-0.2, 0) is 12.8 Å². The molecule has 2 aromatic carbocycles. The fourth-order valence-corrected chi connectivity index (χ4v) is 5.37. The second-order valence-electron chi connectivity index (χ2n) is 8.50. The number of nitro groups is 1. The van der Waals surface area contributed by atoms with Gasteiger partial charge in [-0.15, -0.1) is 0 Å². The molecule has 0 fully saturated rings. The number of ketones is 1. The molecule has 0 N–H and O–H groups in total. The number of anilines is 1. The van der Waals surface area contributed by atoms with Crippen molar-refractivity contribution in [2.75, 3.05) is 18.0 Å². The second-order valence-corrected chi connectivity index (χ2v) is 8.50. The van der Waals surface area contributed by atoms with Crippen LogP contribution in [0.5, 0.6) is 0 Å². The first-order valence-corrected chi connectivity index (χ1v) is 10.6. The van der Waals surface area contributed by atoms with Crippen molar-refractivity contribution >= 4 is 17.2 Å². The number of benzene rings is 2. The van der Waals surface area contributed by atoms with Gasteiger partial charge in [0.15, 0.2) is 5.78 Å². The van der Waals surface area contributed by atoms with E-state index in [0.717, 1.165) is 44.3 Å². The van der Waals surface area contributed by atoms with E-state index in [2.05, 4.69) is 4.90 Å². The van der Waals surface area contributed by atoms with Gasteiger partial charge in [-0.25, -0.2) is 0 Å². The third-order valence-electron chi connectivity index (χ3n) is 6.75. The van der Waals surface area contributed by atoms with Crippen LogP contribution in [-0.4, -0.2) is 29.8 Å². The van der Waals surface area contributed by atoms with Crippen molar-refractivity contribution in [1.82, 2.24) is 0 Å². The molecule has 0 amide bonds. The molecule has 31 heavy (non-hydrogen) atoms. The van der Waals surface area contributed by atoms with Crippen molar-refractivity contribution in [3.8, 4) is 0 Å². The normalized spacial score (nSPS) is 18.7. The topological polar surface area (TPSA) is 86.5 Å². The summed E-state index contributed by atoms with van der Waals surface area (Å²) in [6.07, 6.45) is 3.93. The maximum absolute atomic E-state index is 13.2. The molecule has 0 saturated carbocycles. The number of fused-ring (bicyclic) bond motifs is 1. The first-order valence-electron chi connectivity index (χ1n) is 10.6. The van der Waals surface area contributed by atoms with Crippen molar-refractivity contribution in [1.29, 1.82) is 0 Å². The monoisotopic (exact) mass is 442 g/mol. The Hall–Kier alpha value is -1.51. The van der Waals surface area contributed by atoms with Gasteiger partial charge in [0.25, 0.3) is 0 Å². The molecule has 0 aromatic heterocycles. The van der Waals surface area contributed by atoms with E-state index in [1.165, 1.54) is 23.7 Å². The van der Waals surface area contributed by atoms with Crippen LogP contribution in [0.15, 0.2) is 42.0 Å². The third-order valence-corrected chi connectivity index (χ3v) is 6.75. The maximum Gasteiger partial charge on any atom is 1.00 e. The molecule has 154 valence electrons. The van der Waals surface area contributed by atoms with Gasteiger partial charge in [0.1, 0.15) is 0 Å². The molecule has 2 aromatic rings. The number of hydrogen-bond acceptors (Lipinski definition) is 5. The zero-order chi connectivity index (χ0) is 21.0. The number of rotatable bonds is 4. The van der Waals surface area contributed by atoms with Gasteiger partial charge in [0.05, 0.1) is 5.92 Å². The Morgan fingerprint density at radius 2 is 1.61 bits per heavy atom. The molecule has 7 heteroatoms. The Morgan fingerprint density at radius 1 is 1.03 bits per heavy atom. The van der Waals surface area contributed by atoms with E-state index in [0.29, 0.717) is 11.1 Å². The summed E-state index contributed by atoms with van der Waals surface area (Å²) in [6.45, 7) is 3.58. The molecular weight excluding hydrogens is 419 g/mol. The first kappa shape index (κ1) is 22.7. The second kappa shape index (κ2) is 8.79. The zero-order valence-corrected chi connectivity index (χ0v) is 21.0. The van der Waals surface area contributed by atoms with Crippen molar-refractivity contribution < 1.29 is 66.2 Å². The minimum atomic E-state index is -1.07. The maximum atomic E-state index is 13.2. The number of carbonyl (C=O) groups is 1. The van der Waals surface area contributed by atoms with Crippen LogP contribution in [0.1, 0.15) is 58.3 Å². The average molecular weight is 443 g/mol. The SMILES string of the molecule is CC(C(C1=C([O-])c2ccccc2C1=O)c1cc2c3c(c1)CCCN3CCC2)[N+](=O)[O-].[K+]. The Balaban J connectivity index is 0.00000231. The minimum absolute atomic E-state index is 0. The van der Waals surface area contributed by atoms with Crippen LogP contribution >= 0.6 is 0 Å². The standard InChI is InChI=1S/C24H24N2O4.K/c1-14(26(29)30)20(21-23(27)18-8-2-3-9-19(18)24(21)28)17-12-15-6-4-10-25-11-5-7-16(13-17)22(15)25;/h2-3,8-9,12-14,20,27H,4-7,10-11H2,1H3;/q;+1/p-1. The largest absolute Gasteiger partial charge is 1.00 e. The third kappa shape index (κ3) is 3.70. The summed E-state index contributed by atoms with van der Waals surface area (Å²) >= 11 is 0. The van der Waals surface area contributed by atoms with Crippen molar-refractivity contribution in [2.45, 2.75) is 44.6 Å². The summed E-state index contributed by atoms with van der Waals surface area (Å²) in [6, 6.07) is 9.65. The molecule has 0 radical (unpaired) electrons. The first-order chi connectivity index (χ1) is 14.5. The van der Waals surface area contributed by atoms with Crippen LogP contribution in [0.25, 0.3) is 5.76 Å². The Bertz CT molecular complexity index is 1080. The van der Waals surface area contributed by atoms with E-state index in [9.17, 15) is 20.0 Å². The van der Waals surface area contributed by atoms with E-state index in [1.807, 2.05) is 12.1 Å². The van der Waals surface area contributed by atoms with Gasteiger partial charge in [0, 0.05) is 41.8 Å². The number of aryl methyl sites for hydroxylation is 2. The van der Waals surface area contributed by atoms with Gasteiger partial charge in [0.2, 0.25) is 6.04 Å². The van der Waals surface area contributed by atoms with Gasteiger partial charge in [-0.1, -0.05) is 42.2 Å². The van der Waals surface area contributed by atoms with Crippen molar-refractivity contribution in [2.24, 2.45) is 0 Å². The van der Waals surface area contributed by atoms with E-state index in [1.54, 1.807) is 24.3 Å². The Kier molecular flexibility index (Phi) is 6.43. The van der Waals surface area contributed by atoms with Crippen LogP contribution in [0.4, 0.5) is 5.69 Å². The number of carbonyl (C=O) groups excluding carboxylic acids is 1. The molecule has 0 saturated heterocycles. The predicted octanol–water partition coefficient (Wildman–Crippen LogP) is 0.106. The number of hydrogen-bond donors (Lipinski definition) is 0. The predicted molar refractivity (Wildman–Crippen MR) is 112 cm³/mol. The Morgan fingerprint density at radius 3 is 2.16 bits per heavy atom. The summed E-state index contributed by atoms with van der Waals surface area (Å²) in [4.78, 5) is 27.0. The van der Waals surface area contributed by atoms with E-state index in [4.69, 9.17) is 0 Å². The molecule has 2 atom stereocenters. The molecule has 1 aliphatic carbocycles. The molecule has 0 spiro atoms. The van der Waals surface area contributed by atoms with Gasteiger partial charge in [-0.3, -0.25) is 14.9 Å². The van der Waals surface area contributed by atoms with Crippen molar-refractivity contribution in [3.63, 3.8) is 0 Å². The molecule has 6 nitrogen and oxygen atoms in total. The van der Waals surface area contributed by atoms with Crippen molar-refractivity contribution in [3.05, 3.63) is 79.9 Å².